The van der Waals surface area contributed by atoms with Crippen LogP contribution in [-0.2, 0) is 9.68 Å². The Morgan fingerprint density at radius 3 is 2.74 bits per heavy atom. The van der Waals surface area contributed by atoms with Gasteiger partial charge in [-0.25, -0.2) is 14.7 Å². The first-order chi connectivity index (χ1) is 11.1. The molecule has 1 N–H and O–H groups in total. The fourth-order valence-corrected chi connectivity index (χ4v) is 2.11. The van der Waals surface area contributed by atoms with Crippen LogP contribution in [0.4, 0.5) is 0 Å². The minimum Gasteiger partial charge on any atom is -0.389 e. The van der Waals surface area contributed by atoms with Crippen LogP contribution in [0.2, 0.25) is 0 Å². The number of aliphatic hydroxyl groups excluding tert-OH is 1. The Bertz CT molecular complexity index is 488. The van der Waals surface area contributed by atoms with E-state index in [1.807, 2.05) is 0 Å². The number of unbranched alkanes of at least 4 members (excludes halogenated alkanes) is 5. The summed E-state index contributed by atoms with van der Waals surface area (Å²) < 4.78 is 0. The molecule has 0 fully saturated rings. The van der Waals surface area contributed by atoms with E-state index in [9.17, 15) is 9.90 Å². The zero-order valence-corrected chi connectivity index (χ0v) is 14.0. The van der Waals surface area contributed by atoms with Gasteiger partial charge >= 0.3 is 5.97 Å². The molecule has 128 valence electrons. The summed E-state index contributed by atoms with van der Waals surface area (Å²) in [5.74, 6) is -0.338. The van der Waals surface area contributed by atoms with E-state index in [4.69, 9.17) is 4.89 Å². The van der Waals surface area contributed by atoms with Gasteiger partial charge in [0.15, 0.2) is 0 Å². The molecule has 0 aliphatic heterocycles. The lowest BCUT2D eigenvalue weighted by molar-refractivity contribution is -0.212. The second-order valence-electron chi connectivity index (χ2n) is 5.54. The van der Waals surface area contributed by atoms with Crippen molar-refractivity contribution in [1.29, 1.82) is 0 Å². The summed E-state index contributed by atoms with van der Waals surface area (Å²) >= 11 is 0. The Kier molecular flexibility index (Phi) is 9.71. The number of aliphatic hydroxyl groups is 1. The lowest BCUT2D eigenvalue weighted by atomic mass is 10.1. The van der Waals surface area contributed by atoms with E-state index in [-0.39, 0.29) is 5.88 Å². The topological polar surface area (TPSA) is 68.7 Å². The van der Waals surface area contributed by atoms with Crippen LogP contribution in [0.1, 0.15) is 64.5 Å². The van der Waals surface area contributed by atoms with Crippen LogP contribution in [0, 0.1) is 0 Å². The largest absolute Gasteiger partial charge is 0.389 e. The number of carbonyl (C=O) groups is 1. The van der Waals surface area contributed by atoms with Crippen LogP contribution in [0.3, 0.4) is 0 Å². The smallest absolute Gasteiger partial charge is 0.352 e. The fraction of sp³-hybridized carbons (Fsp3) is 0.556. The summed E-state index contributed by atoms with van der Waals surface area (Å²) in [5, 5.41) is 9.94. The van der Waals surface area contributed by atoms with Crippen molar-refractivity contribution in [3.63, 3.8) is 0 Å². The van der Waals surface area contributed by atoms with Crippen LogP contribution in [0.5, 0.6) is 5.88 Å². The molecule has 0 spiro atoms. The summed E-state index contributed by atoms with van der Waals surface area (Å²) in [6, 6.07) is 5.12. The average molecular weight is 321 g/mol. The van der Waals surface area contributed by atoms with Crippen molar-refractivity contribution in [2.24, 2.45) is 0 Å². The monoisotopic (exact) mass is 321 g/mol. The van der Waals surface area contributed by atoms with Gasteiger partial charge in [-0.2, -0.15) is 0 Å². The molecule has 0 radical (unpaired) electrons. The lowest BCUT2D eigenvalue weighted by Gasteiger charge is -2.05. The van der Waals surface area contributed by atoms with Crippen molar-refractivity contribution in [2.45, 2.75) is 64.9 Å². The van der Waals surface area contributed by atoms with E-state index in [0.717, 1.165) is 19.3 Å². The van der Waals surface area contributed by atoms with Crippen LogP contribution >= 0.6 is 0 Å². The summed E-state index contributed by atoms with van der Waals surface area (Å²) in [7, 11) is 0. The van der Waals surface area contributed by atoms with Gasteiger partial charge in [0, 0.05) is 13.0 Å². The van der Waals surface area contributed by atoms with Crippen molar-refractivity contribution in [2.75, 3.05) is 0 Å². The molecule has 0 aliphatic carbocycles. The molecule has 5 heteroatoms. The molecule has 1 unspecified atom stereocenters. The quantitative estimate of drug-likeness (QED) is 0.378. The Labute approximate surface area is 138 Å². The number of hydrogen-bond acceptors (Lipinski definition) is 5. The van der Waals surface area contributed by atoms with Gasteiger partial charge in [0.2, 0.25) is 0 Å². The molecule has 0 bridgehead atoms. The number of aromatic nitrogens is 1. The van der Waals surface area contributed by atoms with Gasteiger partial charge in [-0.3, -0.25) is 4.89 Å². The van der Waals surface area contributed by atoms with Crippen molar-refractivity contribution < 1.29 is 19.7 Å². The molecule has 1 aromatic rings. The first-order valence-corrected chi connectivity index (χ1v) is 8.30. The molecular weight excluding hydrogens is 294 g/mol. The third-order valence-electron chi connectivity index (χ3n) is 3.33. The Morgan fingerprint density at radius 2 is 2.00 bits per heavy atom. The maximum atomic E-state index is 10.7. The highest BCUT2D eigenvalue weighted by atomic mass is 17.2. The SMILES string of the molecule is CCCCCCCCC(O)/C=C/c1cccc(OOC(C)=O)n1. The summed E-state index contributed by atoms with van der Waals surface area (Å²) in [4.78, 5) is 24.0. The standard InChI is InChI=1S/C18H27NO4/c1-3-4-5-6-7-8-11-17(21)14-13-16-10-9-12-18(19-16)23-22-15(2)20/h9-10,12-14,17,21H,3-8,11H2,1-2H3/b14-13+. The van der Waals surface area contributed by atoms with E-state index in [0.29, 0.717) is 5.69 Å². The van der Waals surface area contributed by atoms with Gasteiger partial charge in [-0.1, -0.05) is 57.6 Å². The van der Waals surface area contributed by atoms with Gasteiger partial charge in [-0.05, 0) is 18.6 Å². The summed E-state index contributed by atoms with van der Waals surface area (Å²) in [6.45, 7) is 3.46. The van der Waals surface area contributed by atoms with Gasteiger partial charge in [-0.15, -0.1) is 0 Å². The minimum absolute atomic E-state index is 0.202. The first kappa shape index (κ1) is 19.2. The maximum Gasteiger partial charge on any atom is 0.352 e. The molecular formula is C18H27NO4. The molecule has 0 saturated carbocycles. The third kappa shape index (κ3) is 9.68. The minimum atomic E-state index is -0.540. The predicted molar refractivity (Wildman–Crippen MR) is 89.7 cm³/mol. The Balaban J connectivity index is 2.32. The predicted octanol–water partition coefficient (Wildman–Crippen LogP) is 4.06. The van der Waals surface area contributed by atoms with Crippen LogP contribution in [0.15, 0.2) is 24.3 Å². The molecule has 1 heterocycles. The summed E-state index contributed by atoms with van der Waals surface area (Å²) in [5.41, 5.74) is 0.636. The Hall–Kier alpha value is -1.88. The van der Waals surface area contributed by atoms with E-state index in [1.165, 1.54) is 32.6 Å². The second kappa shape index (κ2) is 11.7. The van der Waals surface area contributed by atoms with Crippen LogP contribution in [0.25, 0.3) is 6.08 Å². The second-order valence-corrected chi connectivity index (χ2v) is 5.54. The molecule has 0 aromatic carbocycles. The van der Waals surface area contributed by atoms with Gasteiger partial charge in [0.25, 0.3) is 5.88 Å². The normalized spacial score (nSPS) is 12.3. The van der Waals surface area contributed by atoms with Gasteiger partial charge < -0.3 is 5.11 Å². The molecule has 5 nitrogen and oxygen atoms in total. The zero-order chi connectivity index (χ0) is 16.9. The van der Waals surface area contributed by atoms with E-state index in [1.54, 1.807) is 30.4 Å². The van der Waals surface area contributed by atoms with Gasteiger partial charge in [0.1, 0.15) is 0 Å². The maximum absolute atomic E-state index is 10.7. The lowest BCUT2D eigenvalue weighted by Crippen LogP contribution is -2.04. The number of nitrogens with zero attached hydrogens (tertiary/aromatic N) is 1. The van der Waals surface area contributed by atoms with E-state index < -0.39 is 12.1 Å². The molecule has 1 aromatic heterocycles. The molecule has 23 heavy (non-hydrogen) atoms. The molecule has 1 atom stereocenters. The van der Waals surface area contributed by atoms with E-state index in [2.05, 4.69) is 16.8 Å². The van der Waals surface area contributed by atoms with Crippen molar-refractivity contribution in [3.8, 4) is 5.88 Å². The van der Waals surface area contributed by atoms with Crippen molar-refractivity contribution in [3.05, 3.63) is 30.0 Å². The first-order valence-electron chi connectivity index (χ1n) is 8.30. The number of pyridine rings is 1. The van der Waals surface area contributed by atoms with Crippen LogP contribution in [-0.4, -0.2) is 22.2 Å². The number of rotatable bonds is 11. The highest BCUT2D eigenvalue weighted by Gasteiger charge is 2.02. The molecule has 0 aliphatic rings. The zero-order valence-electron chi connectivity index (χ0n) is 14.0. The summed E-state index contributed by atoms with van der Waals surface area (Å²) in [6.07, 6.45) is 11.0. The van der Waals surface area contributed by atoms with Crippen molar-refractivity contribution >= 4 is 12.0 Å². The molecule has 0 amide bonds. The Morgan fingerprint density at radius 1 is 1.26 bits per heavy atom. The number of carbonyl (C=O) groups excluding carboxylic acids is 1. The third-order valence-corrected chi connectivity index (χ3v) is 3.33. The number of hydrogen-bond donors (Lipinski definition) is 1. The highest BCUT2D eigenvalue weighted by Crippen LogP contribution is 2.12. The molecule has 1 rings (SSSR count). The fourth-order valence-electron chi connectivity index (χ4n) is 2.11. The average Bonchev–Trinajstić information content (AvgIpc) is 2.54. The highest BCUT2D eigenvalue weighted by molar-refractivity contribution is 5.65. The van der Waals surface area contributed by atoms with Crippen molar-refractivity contribution in [1.82, 2.24) is 4.98 Å². The van der Waals surface area contributed by atoms with Gasteiger partial charge in [0.05, 0.1) is 11.8 Å². The van der Waals surface area contributed by atoms with E-state index >= 15 is 0 Å². The molecule has 0 saturated heterocycles. The van der Waals surface area contributed by atoms with Crippen LogP contribution < -0.4 is 4.89 Å².